The van der Waals surface area contributed by atoms with E-state index in [1.807, 2.05) is 0 Å². The zero-order valence-electron chi connectivity index (χ0n) is 20.8. The van der Waals surface area contributed by atoms with Crippen LogP contribution in [-0.2, 0) is 5.41 Å². The van der Waals surface area contributed by atoms with Crippen LogP contribution in [-0.4, -0.2) is 17.7 Å². The summed E-state index contributed by atoms with van der Waals surface area (Å²) in [5.74, 6) is 0.391. The van der Waals surface area contributed by atoms with E-state index in [0.29, 0.717) is 5.92 Å². The Morgan fingerprint density at radius 3 is 2.68 bits per heavy atom. The Labute approximate surface area is 203 Å². The number of fused-ring (bicyclic) bond motifs is 5. The van der Waals surface area contributed by atoms with Gasteiger partial charge in [0.1, 0.15) is 0 Å². The lowest BCUT2D eigenvalue weighted by molar-refractivity contribution is 0.435. The highest BCUT2D eigenvalue weighted by atomic mass is 15.2. The van der Waals surface area contributed by atoms with Crippen molar-refractivity contribution in [1.82, 2.24) is 4.90 Å². The fourth-order valence-electron chi connectivity index (χ4n) is 6.41. The molecule has 0 N–H and O–H groups in total. The van der Waals surface area contributed by atoms with Crippen LogP contribution in [0.15, 0.2) is 113 Å². The molecule has 2 heteroatoms. The topological polar surface area (TPSA) is 15.6 Å². The number of likely N-dealkylation sites (N-methyl/N-ethyl adjacent to an activating group) is 1. The molecule has 0 saturated heterocycles. The van der Waals surface area contributed by atoms with Crippen molar-refractivity contribution in [2.75, 3.05) is 7.05 Å². The first-order chi connectivity index (χ1) is 16.3. The van der Waals surface area contributed by atoms with Gasteiger partial charge in [0, 0.05) is 35.2 Å². The third kappa shape index (κ3) is 2.91. The van der Waals surface area contributed by atoms with E-state index in [2.05, 4.69) is 125 Å². The molecule has 34 heavy (non-hydrogen) atoms. The standard InChI is InChI=1S/C32H32N2/c1-31(2)27(33-25-19-17-21-11-6-8-13-23(21)29(25)31)15-10-16-28-32(3,4)30-24-14-9-7-12-22(24)18-20-26(30)34(28)5/h6,8-20,24H,7H2,1-5H3. The van der Waals surface area contributed by atoms with Crippen LogP contribution in [0, 0.1) is 11.3 Å². The number of rotatable bonds is 2. The summed E-state index contributed by atoms with van der Waals surface area (Å²) in [7, 11) is 2.20. The normalized spacial score (nSPS) is 25.1. The van der Waals surface area contributed by atoms with E-state index in [-0.39, 0.29) is 10.8 Å². The Bertz CT molecular complexity index is 1430. The van der Waals surface area contributed by atoms with Crippen LogP contribution in [0.25, 0.3) is 10.8 Å². The molecule has 2 heterocycles. The van der Waals surface area contributed by atoms with Crippen molar-refractivity contribution in [3.63, 3.8) is 0 Å². The molecular formula is C32H32N2. The zero-order valence-corrected chi connectivity index (χ0v) is 20.8. The summed E-state index contributed by atoms with van der Waals surface area (Å²) in [4.78, 5) is 7.42. The number of benzene rings is 2. The summed E-state index contributed by atoms with van der Waals surface area (Å²) < 4.78 is 0. The predicted octanol–water partition coefficient (Wildman–Crippen LogP) is 7.94. The molecule has 0 aromatic heterocycles. The lowest BCUT2D eigenvalue weighted by Crippen LogP contribution is -2.24. The predicted molar refractivity (Wildman–Crippen MR) is 144 cm³/mol. The number of nitrogens with zero attached hydrogens (tertiary/aromatic N) is 2. The minimum atomic E-state index is -0.130. The smallest absolute Gasteiger partial charge is 0.0681 e. The molecule has 170 valence electrons. The summed E-state index contributed by atoms with van der Waals surface area (Å²) in [5.41, 5.74) is 9.01. The van der Waals surface area contributed by atoms with Gasteiger partial charge in [-0.05, 0) is 58.2 Å². The molecule has 0 saturated carbocycles. The van der Waals surface area contributed by atoms with Gasteiger partial charge in [0.25, 0.3) is 0 Å². The second-order valence-corrected chi connectivity index (χ2v) is 10.9. The Balaban J connectivity index is 1.33. The van der Waals surface area contributed by atoms with Gasteiger partial charge in [0.05, 0.1) is 11.4 Å². The van der Waals surface area contributed by atoms with Crippen molar-refractivity contribution in [3.8, 4) is 0 Å². The van der Waals surface area contributed by atoms with Crippen LogP contribution in [0.3, 0.4) is 0 Å². The minimum absolute atomic E-state index is 0.0310. The van der Waals surface area contributed by atoms with E-state index in [4.69, 9.17) is 4.99 Å². The van der Waals surface area contributed by atoms with Crippen LogP contribution in [0.4, 0.5) is 5.69 Å². The van der Waals surface area contributed by atoms with Gasteiger partial charge in [-0.3, -0.25) is 4.99 Å². The Morgan fingerprint density at radius 2 is 1.82 bits per heavy atom. The molecule has 0 spiro atoms. The Hall–Kier alpha value is -3.39. The number of hydrogen-bond donors (Lipinski definition) is 0. The van der Waals surface area contributed by atoms with Crippen molar-refractivity contribution < 1.29 is 0 Å². The molecule has 0 fully saturated rings. The average molecular weight is 445 g/mol. The molecule has 2 aromatic carbocycles. The number of allylic oxidation sites excluding steroid dienone is 10. The molecule has 0 radical (unpaired) electrons. The maximum absolute atomic E-state index is 5.05. The second-order valence-electron chi connectivity index (χ2n) is 10.9. The summed E-state index contributed by atoms with van der Waals surface area (Å²) in [6, 6.07) is 13.0. The third-order valence-electron chi connectivity index (χ3n) is 8.16. The molecule has 0 amide bonds. The average Bonchev–Trinajstić information content (AvgIpc) is 3.20. The van der Waals surface area contributed by atoms with E-state index in [1.165, 1.54) is 38.9 Å². The van der Waals surface area contributed by atoms with Gasteiger partial charge in [0.2, 0.25) is 0 Å². The third-order valence-corrected chi connectivity index (χ3v) is 8.16. The Kier molecular flexibility index (Phi) is 4.55. The van der Waals surface area contributed by atoms with Crippen molar-refractivity contribution in [1.29, 1.82) is 0 Å². The molecule has 2 aliphatic heterocycles. The van der Waals surface area contributed by atoms with Gasteiger partial charge < -0.3 is 4.90 Å². The van der Waals surface area contributed by atoms with E-state index in [1.54, 1.807) is 0 Å². The molecule has 2 nitrogen and oxygen atoms in total. The largest absolute Gasteiger partial charge is 0.347 e. The first-order valence-corrected chi connectivity index (χ1v) is 12.3. The van der Waals surface area contributed by atoms with Crippen LogP contribution in [0.5, 0.6) is 0 Å². The van der Waals surface area contributed by atoms with Crippen molar-refractivity contribution in [3.05, 3.63) is 113 Å². The molecule has 1 atom stereocenters. The molecule has 1 unspecified atom stereocenters. The van der Waals surface area contributed by atoms with E-state index >= 15 is 0 Å². The van der Waals surface area contributed by atoms with Gasteiger partial charge in [-0.15, -0.1) is 0 Å². The van der Waals surface area contributed by atoms with Crippen LogP contribution in [0.2, 0.25) is 0 Å². The molecule has 6 rings (SSSR count). The molecule has 0 bridgehead atoms. The van der Waals surface area contributed by atoms with Crippen LogP contribution in [0.1, 0.15) is 39.7 Å². The SMILES string of the molecule is CN1C(=CC=CC2=Nc3ccc4ccccc4c3C2(C)C)C(C)(C)C2=C1C=CC1=CCC=CC12. The fourth-order valence-corrected chi connectivity index (χ4v) is 6.41. The highest BCUT2D eigenvalue weighted by molar-refractivity contribution is 6.12. The summed E-state index contributed by atoms with van der Waals surface area (Å²) in [5, 5.41) is 2.58. The van der Waals surface area contributed by atoms with E-state index in [9.17, 15) is 0 Å². The first-order valence-electron chi connectivity index (χ1n) is 12.3. The second kappa shape index (κ2) is 7.30. The number of hydrogen-bond acceptors (Lipinski definition) is 2. The van der Waals surface area contributed by atoms with Gasteiger partial charge in [-0.1, -0.05) is 88.4 Å². The summed E-state index contributed by atoms with van der Waals surface area (Å²) >= 11 is 0. The maximum atomic E-state index is 5.05. The highest BCUT2D eigenvalue weighted by Gasteiger charge is 2.44. The first kappa shape index (κ1) is 21.2. The molecule has 2 aromatic rings. The van der Waals surface area contributed by atoms with Gasteiger partial charge in [-0.25, -0.2) is 0 Å². The summed E-state index contributed by atoms with van der Waals surface area (Å²) in [6.45, 7) is 9.32. The zero-order chi connectivity index (χ0) is 23.7. The molecule has 2 aliphatic carbocycles. The quantitative estimate of drug-likeness (QED) is 0.429. The van der Waals surface area contributed by atoms with Gasteiger partial charge >= 0.3 is 0 Å². The Morgan fingerprint density at radius 1 is 1.00 bits per heavy atom. The fraction of sp³-hybridized carbons (Fsp3) is 0.281. The van der Waals surface area contributed by atoms with Crippen molar-refractivity contribution >= 4 is 22.2 Å². The van der Waals surface area contributed by atoms with Crippen molar-refractivity contribution in [2.45, 2.75) is 39.5 Å². The van der Waals surface area contributed by atoms with E-state index in [0.717, 1.165) is 17.8 Å². The molecule has 4 aliphatic rings. The molecular weight excluding hydrogens is 412 g/mol. The minimum Gasteiger partial charge on any atom is -0.347 e. The van der Waals surface area contributed by atoms with Gasteiger partial charge in [-0.2, -0.15) is 0 Å². The highest BCUT2D eigenvalue weighted by Crippen LogP contribution is 2.53. The monoisotopic (exact) mass is 444 g/mol. The number of aliphatic imine (C=N–C) groups is 1. The van der Waals surface area contributed by atoms with Crippen molar-refractivity contribution in [2.24, 2.45) is 16.3 Å². The van der Waals surface area contributed by atoms with Crippen LogP contribution < -0.4 is 0 Å². The van der Waals surface area contributed by atoms with Crippen LogP contribution >= 0.6 is 0 Å². The maximum Gasteiger partial charge on any atom is 0.0681 e. The lowest BCUT2D eigenvalue weighted by atomic mass is 9.71. The van der Waals surface area contributed by atoms with E-state index < -0.39 is 0 Å². The summed E-state index contributed by atoms with van der Waals surface area (Å²) in [6.07, 6.45) is 19.4. The van der Waals surface area contributed by atoms with Gasteiger partial charge in [0.15, 0.2) is 0 Å². The lowest BCUT2D eigenvalue weighted by Gasteiger charge is -2.31.